The maximum atomic E-state index is 12.2. The van der Waals surface area contributed by atoms with Crippen LogP contribution in [0.1, 0.15) is 11.1 Å². The van der Waals surface area contributed by atoms with E-state index < -0.39 is 0 Å². The standard InChI is InChI=1S/C17H20N2O2/c1-19(11-8-14-6-9-18-10-7-14)17(20)13-15-4-3-5-16(12-15)21-2/h3-7,9-10,12H,8,11,13H2,1-2H3. The number of hydrogen-bond donors (Lipinski definition) is 0. The number of hydrogen-bond acceptors (Lipinski definition) is 3. The topological polar surface area (TPSA) is 42.4 Å². The minimum atomic E-state index is 0.109. The fourth-order valence-corrected chi connectivity index (χ4v) is 2.06. The second-order valence-electron chi connectivity index (χ2n) is 4.95. The highest BCUT2D eigenvalue weighted by Gasteiger charge is 2.10. The van der Waals surface area contributed by atoms with E-state index in [1.165, 1.54) is 5.56 Å². The number of methoxy groups -OCH3 is 1. The molecule has 4 nitrogen and oxygen atoms in total. The molecular formula is C17H20N2O2. The van der Waals surface area contributed by atoms with Crippen LogP contribution in [-0.2, 0) is 17.6 Å². The number of pyridine rings is 1. The number of likely N-dealkylation sites (N-methyl/N-ethyl adjacent to an activating group) is 1. The molecule has 0 fully saturated rings. The van der Waals surface area contributed by atoms with Crippen molar-refractivity contribution in [1.82, 2.24) is 9.88 Å². The van der Waals surface area contributed by atoms with Crippen LogP contribution >= 0.6 is 0 Å². The van der Waals surface area contributed by atoms with Crippen molar-refractivity contribution in [3.05, 3.63) is 59.9 Å². The van der Waals surface area contributed by atoms with Crippen LogP contribution in [0.15, 0.2) is 48.8 Å². The van der Waals surface area contributed by atoms with Gasteiger partial charge in [-0.3, -0.25) is 9.78 Å². The molecule has 0 N–H and O–H groups in total. The van der Waals surface area contributed by atoms with E-state index in [0.717, 1.165) is 17.7 Å². The fraction of sp³-hybridized carbons (Fsp3) is 0.294. The summed E-state index contributed by atoms with van der Waals surface area (Å²) in [4.78, 5) is 18.0. The van der Waals surface area contributed by atoms with Gasteiger partial charge in [0, 0.05) is 26.0 Å². The molecule has 0 unspecified atom stereocenters. The van der Waals surface area contributed by atoms with Crippen LogP contribution in [0.4, 0.5) is 0 Å². The lowest BCUT2D eigenvalue weighted by molar-refractivity contribution is -0.129. The Balaban J connectivity index is 1.87. The molecule has 0 aliphatic carbocycles. The minimum Gasteiger partial charge on any atom is -0.497 e. The molecule has 21 heavy (non-hydrogen) atoms. The Morgan fingerprint density at radius 1 is 1.19 bits per heavy atom. The van der Waals surface area contributed by atoms with Gasteiger partial charge >= 0.3 is 0 Å². The van der Waals surface area contributed by atoms with Crippen LogP contribution in [0.2, 0.25) is 0 Å². The van der Waals surface area contributed by atoms with E-state index in [4.69, 9.17) is 4.74 Å². The lowest BCUT2D eigenvalue weighted by Gasteiger charge is -2.17. The molecule has 0 atom stereocenters. The molecule has 0 bridgehead atoms. The molecule has 2 aromatic rings. The van der Waals surface area contributed by atoms with Gasteiger partial charge in [0.1, 0.15) is 5.75 Å². The van der Waals surface area contributed by atoms with Gasteiger partial charge in [-0.25, -0.2) is 0 Å². The van der Waals surface area contributed by atoms with Crippen molar-refractivity contribution in [3.63, 3.8) is 0 Å². The molecule has 2 rings (SSSR count). The maximum absolute atomic E-state index is 12.2. The van der Waals surface area contributed by atoms with E-state index in [-0.39, 0.29) is 5.91 Å². The van der Waals surface area contributed by atoms with E-state index in [9.17, 15) is 4.79 Å². The minimum absolute atomic E-state index is 0.109. The second-order valence-corrected chi connectivity index (χ2v) is 4.95. The first-order valence-corrected chi connectivity index (χ1v) is 6.95. The molecule has 0 saturated heterocycles. The predicted molar refractivity (Wildman–Crippen MR) is 82.3 cm³/mol. The third-order valence-electron chi connectivity index (χ3n) is 3.40. The van der Waals surface area contributed by atoms with Crippen molar-refractivity contribution in [3.8, 4) is 5.75 Å². The summed E-state index contributed by atoms with van der Waals surface area (Å²) in [5.41, 5.74) is 2.15. The molecule has 1 aromatic heterocycles. The monoisotopic (exact) mass is 284 g/mol. The summed E-state index contributed by atoms with van der Waals surface area (Å²) in [6.45, 7) is 0.701. The molecule has 4 heteroatoms. The molecule has 1 amide bonds. The summed E-state index contributed by atoms with van der Waals surface area (Å²) in [5.74, 6) is 0.886. The number of carbonyl (C=O) groups excluding carboxylic acids is 1. The summed E-state index contributed by atoms with van der Waals surface area (Å²) in [6, 6.07) is 11.6. The molecular weight excluding hydrogens is 264 g/mol. The average molecular weight is 284 g/mol. The number of ether oxygens (including phenoxy) is 1. The third-order valence-corrected chi connectivity index (χ3v) is 3.40. The van der Waals surface area contributed by atoms with Gasteiger partial charge < -0.3 is 9.64 Å². The Morgan fingerprint density at radius 2 is 1.95 bits per heavy atom. The summed E-state index contributed by atoms with van der Waals surface area (Å²) >= 11 is 0. The smallest absolute Gasteiger partial charge is 0.226 e. The van der Waals surface area contributed by atoms with Gasteiger partial charge in [-0.15, -0.1) is 0 Å². The molecule has 0 aliphatic heterocycles. The van der Waals surface area contributed by atoms with Gasteiger partial charge in [-0.1, -0.05) is 12.1 Å². The molecule has 0 saturated carbocycles. The Bertz CT molecular complexity index is 584. The Kier molecular flexibility index (Phi) is 5.32. The summed E-state index contributed by atoms with van der Waals surface area (Å²) in [5, 5.41) is 0. The van der Waals surface area contributed by atoms with Crippen molar-refractivity contribution >= 4 is 5.91 Å². The number of carbonyl (C=O) groups is 1. The summed E-state index contributed by atoms with van der Waals surface area (Å²) in [7, 11) is 3.46. The third kappa shape index (κ3) is 4.60. The van der Waals surface area contributed by atoms with Crippen LogP contribution in [0.25, 0.3) is 0 Å². The van der Waals surface area contributed by atoms with Crippen LogP contribution in [0, 0.1) is 0 Å². The Morgan fingerprint density at radius 3 is 2.67 bits per heavy atom. The van der Waals surface area contributed by atoms with Crippen molar-refractivity contribution in [2.24, 2.45) is 0 Å². The largest absolute Gasteiger partial charge is 0.497 e. The van der Waals surface area contributed by atoms with Crippen LogP contribution in [0.3, 0.4) is 0 Å². The van der Waals surface area contributed by atoms with Crippen molar-refractivity contribution in [2.45, 2.75) is 12.8 Å². The van der Waals surface area contributed by atoms with Gasteiger partial charge in [0.2, 0.25) is 5.91 Å². The first-order chi connectivity index (χ1) is 10.2. The highest BCUT2D eigenvalue weighted by Crippen LogP contribution is 2.13. The lowest BCUT2D eigenvalue weighted by Crippen LogP contribution is -2.30. The first kappa shape index (κ1) is 15.0. The second kappa shape index (κ2) is 7.43. The van der Waals surface area contributed by atoms with E-state index in [2.05, 4.69) is 4.98 Å². The fourth-order valence-electron chi connectivity index (χ4n) is 2.06. The van der Waals surface area contributed by atoms with Crippen molar-refractivity contribution in [2.75, 3.05) is 20.7 Å². The van der Waals surface area contributed by atoms with Gasteiger partial charge in [-0.2, -0.15) is 0 Å². The number of amides is 1. The number of benzene rings is 1. The van der Waals surface area contributed by atoms with E-state index >= 15 is 0 Å². The van der Waals surface area contributed by atoms with Crippen LogP contribution < -0.4 is 4.74 Å². The highest BCUT2D eigenvalue weighted by atomic mass is 16.5. The van der Waals surface area contributed by atoms with E-state index in [0.29, 0.717) is 13.0 Å². The van der Waals surface area contributed by atoms with Gasteiger partial charge in [0.25, 0.3) is 0 Å². The quantitative estimate of drug-likeness (QED) is 0.817. The van der Waals surface area contributed by atoms with E-state index in [1.54, 1.807) is 24.4 Å². The summed E-state index contributed by atoms with van der Waals surface area (Å²) in [6.07, 6.45) is 4.77. The average Bonchev–Trinajstić information content (AvgIpc) is 2.53. The van der Waals surface area contributed by atoms with Crippen molar-refractivity contribution in [1.29, 1.82) is 0 Å². The lowest BCUT2D eigenvalue weighted by atomic mass is 10.1. The first-order valence-electron chi connectivity index (χ1n) is 6.95. The maximum Gasteiger partial charge on any atom is 0.226 e. The molecule has 1 heterocycles. The zero-order valence-electron chi connectivity index (χ0n) is 12.5. The molecule has 0 aliphatic rings. The summed E-state index contributed by atoms with van der Waals surface area (Å²) < 4.78 is 5.17. The number of aromatic nitrogens is 1. The SMILES string of the molecule is COc1cccc(CC(=O)N(C)CCc2ccncc2)c1. The zero-order valence-corrected chi connectivity index (χ0v) is 12.5. The molecule has 110 valence electrons. The van der Waals surface area contributed by atoms with Crippen LogP contribution in [0.5, 0.6) is 5.75 Å². The number of nitrogens with zero attached hydrogens (tertiary/aromatic N) is 2. The van der Waals surface area contributed by atoms with Gasteiger partial charge in [0.15, 0.2) is 0 Å². The van der Waals surface area contributed by atoms with Crippen LogP contribution in [-0.4, -0.2) is 36.5 Å². The molecule has 1 aromatic carbocycles. The number of rotatable bonds is 6. The Labute approximate surface area is 125 Å². The highest BCUT2D eigenvalue weighted by molar-refractivity contribution is 5.78. The predicted octanol–water partition coefficient (Wildman–Crippen LogP) is 2.33. The van der Waals surface area contributed by atoms with Gasteiger partial charge in [0.05, 0.1) is 13.5 Å². The zero-order chi connectivity index (χ0) is 15.1. The normalized spacial score (nSPS) is 10.2. The van der Waals surface area contributed by atoms with Crippen molar-refractivity contribution < 1.29 is 9.53 Å². The van der Waals surface area contributed by atoms with Gasteiger partial charge in [-0.05, 0) is 41.8 Å². The Hall–Kier alpha value is -2.36. The van der Waals surface area contributed by atoms with E-state index in [1.807, 2.05) is 43.4 Å². The molecule has 0 radical (unpaired) electrons. The molecule has 0 spiro atoms.